The van der Waals surface area contributed by atoms with Crippen molar-refractivity contribution >= 4 is 5.91 Å². The predicted octanol–water partition coefficient (Wildman–Crippen LogP) is 2.49. The second kappa shape index (κ2) is 6.01. The lowest BCUT2D eigenvalue weighted by Gasteiger charge is -2.32. The van der Waals surface area contributed by atoms with Crippen molar-refractivity contribution in [1.82, 2.24) is 4.90 Å². The Morgan fingerprint density at radius 1 is 1.44 bits per heavy atom. The fourth-order valence-electron chi connectivity index (χ4n) is 2.60. The quantitative estimate of drug-likeness (QED) is 0.821. The molecule has 1 saturated heterocycles. The summed E-state index contributed by atoms with van der Waals surface area (Å²) < 4.78 is 5.20. The van der Waals surface area contributed by atoms with Crippen LogP contribution < -0.4 is 0 Å². The zero-order valence-electron chi connectivity index (χ0n) is 11.2. The van der Waals surface area contributed by atoms with Gasteiger partial charge in [-0.25, -0.2) is 0 Å². The lowest BCUT2D eigenvalue weighted by molar-refractivity contribution is 0.0570. The number of likely N-dealkylation sites (tertiary alicyclic amines) is 1. The van der Waals surface area contributed by atoms with Crippen LogP contribution >= 0.6 is 0 Å². The van der Waals surface area contributed by atoms with E-state index in [4.69, 9.17) is 4.74 Å². The fourth-order valence-corrected chi connectivity index (χ4v) is 2.60. The molecular formula is C15H21NO2. The third kappa shape index (κ3) is 2.91. The van der Waals surface area contributed by atoms with Crippen LogP contribution in [0.5, 0.6) is 0 Å². The first kappa shape index (κ1) is 13.1. The number of carbonyl (C=O) groups excluding carboxylic acids is 1. The zero-order valence-corrected chi connectivity index (χ0v) is 11.2. The summed E-state index contributed by atoms with van der Waals surface area (Å²) in [7, 11) is 1.72. The molecule has 2 rings (SSSR count). The third-order valence-electron chi connectivity index (χ3n) is 3.58. The van der Waals surface area contributed by atoms with Gasteiger partial charge in [0.2, 0.25) is 0 Å². The first-order valence-corrected chi connectivity index (χ1v) is 6.56. The largest absolute Gasteiger partial charge is 0.384 e. The van der Waals surface area contributed by atoms with Crippen LogP contribution in [0.15, 0.2) is 24.3 Å². The van der Waals surface area contributed by atoms with Crippen molar-refractivity contribution in [3.8, 4) is 0 Å². The molecule has 0 radical (unpaired) electrons. The van der Waals surface area contributed by atoms with Gasteiger partial charge in [0.15, 0.2) is 0 Å². The highest BCUT2D eigenvalue weighted by atomic mass is 16.5. The highest BCUT2D eigenvalue weighted by molar-refractivity contribution is 5.95. The van der Waals surface area contributed by atoms with E-state index in [1.54, 1.807) is 7.11 Å². The minimum Gasteiger partial charge on any atom is -0.384 e. The molecule has 0 bridgehead atoms. The predicted molar refractivity (Wildman–Crippen MR) is 71.7 cm³/mol. The van der Waals surface area contributed by atoms with E-state index < -0.39 is 0 Å². The monoisotopic (exact) mass is 247 g/mol. The van der Waals surface area contributed by atoms with Crippen molar-refractivity contribution < 1.29 is 9.53 Å². The minimum atomic E-state index is 0.161. The Hall–Kier alpha value is -1.35. The molecule has 1 aromatic carbocycles. The van der Waals surface area contributed by atoms with Crippen molar-refractivity contribution in [1.29, 1.82) is 0 Å². The van der Waals surface area contributed by atoms with E-state index in [1.165, 1.54) is 0 Å². The van der Waals surface area contributed by atoms with Crippen LogP contribution in [0.1, 0.15) is 28.8 Å². The number of hydrogen-bond acceptors (Lipinski definition) is 2. The molecular weight excluding hydrogens is 226 g/mol. The highest BCUT2D eigenvalue weighted by Crippen LogP contribution is 2.20. The number of nitrogens with zero attached hydrogens (tertiary/aromatic N) is 1. The van der Waals surface area contributed by atoms with Crippen LogP contribution in [0, 0.1) is 12.8 Å². The summed E-state index contributed by atoms with van der Waals surface area (Å²) in [5.74, 6) is 0.644. The summed E-state index contributed by atoms with van der Waals surface area (Å²) in [5.41, 5.74) is 1.88. The van der Waals surface area contributed by atoms with Crippen LogP contribution in [0.2, 0.25) is 0 Å². The Morgan fingerprint density at radius 3 is 2.94 bits per heavy atom. The second-order valence-electron chi connectivity index (χ2n) is 5.03. The topological polar surface area (TPSA) is 29.5 Å². The summed E-state index contributed by atoms with van der Waals surface area (Å²) in [6, 6.07) is 7.80. The summed E-state index contributed by atoms with van der Waals surface area (Å²) in [6.07, 6.45) is 2.23. The Kier molecular flexibility index (Phi) is 4.37. The Bertz CT molecular complexity index is 415. The van der Waals surface area contributed by atoms with Gasteiger partial charge in [0.25, 0.3) is 5.91 Å². The summed E-state index contributed by atoms with van der Waals surface area (Å²) in [6.45, 7) is 4.43. The number of ether oxygens (including phenoxy) is 1. The van der Waals surface area contributed by atoms with Crippen molar-refractivity contribution in [2.75, 3.05) is 26.8 Å². The molecule has 0 N–H and O–H groups in total. The van der Waals surface area contributed by atoms with Gasteiger partial charge < -0.3 is 9.64 Å². The van der Waals surface area contributed by atoms with Gasteiger partial charge in [-0.1, -0.05) is 18.2 Å². The van der Waals surface area contributed by atoms with Crippen molar-refractivity contribution in [2.24, 2.45) is 5.92 Å². The molecule has 1 amide bonds. The van der Waals surface area contributed by atoms with Crippen molar-refractivity contribution in [2.45, 2.75) is 19.8 Å². The number of amides is 1. The Balaban J connectivity index is 2.07. The number of piperidine rings is 1. The molecule has 0 aromatic heterocycles. The van der Waals surface area contributed by atoms with Gasteiger partial charge in [-0.05, 0) is 37.3 Å². The Morgan fingerprint density at radius 2 is 2.22 bits per heavy atom. The summed E-state index contributed by atoms with van der Waals surface area (Å²) >= 11 is 0. The van der Waals surface area contributed by atoms with Crippen molar-refractivity contribution in [3.63, 3.8) is 0 Å². The maximum absolute atomic E-state index is 12.5. The molecule has 0 spiro atoms. The van der Waals surface area contributed by atoms with Crippen LogP contribution in [0.3, 0.4) is 0 Å². The van der Waals surface area contributed by atoms with Gasteiger partial charge in [-0.3, -0.25) is 4.79 Å². The van der Waals surface area contributed by atoms with Crippen LogP contribution in [0.4, 0.5) is 0 Å². The number of hydrogen-bond donors (Lipinski definition) is 0. The number of aryl methyl sites for hydroxylation is 1. The molecule has 0 aliphatic carbocycles. The van der Waals surface area contributed by atoms with E-state index in [0.29, 0.717) is 5.92 Å². The molecule has 3 heteroatoms. The molecule has 1 atom stereocenters. The minimum absolute atomic E-state index is 0.161. The van der Waals surface area contributed by atoms with Gasteiger partial charge in [0.05, 0.1) is 6.61 Å². The van der Waals surface area contributed by atoms with Crippen LogP contribution in [-0.4, -0.2) is 37.6 Å². The molecule has 1 unspecified atom stereocenters. The molecule has 1 aliphatic heterocycles. The van der Waals surface area contributed by atoms with Gasteiger partial charge in [-0.15, -0.1) is 0 Å². The number of rotatable bonds is 3. The molecule has 0 saturated carbocycles. The van der Waals surface area contributed by atoms with Gasteiger partial charge >= 0.3 is 0 Å². The molecule has 1 fully saturated rings. The number of carbonyl (C=O) groups is 1. The van der Waals surface area contributed by atoms with E-state index in [2.05, 4.69) is 0 Å². The number of benzene rings is 1. The van der Waals surface area contributed by atoms with E-state index in [1.807, 2.05) is 36.1 Å². The van der Waals surface area contributed by atoms with E-state index in [0.717, 1.165) is 43.7 Å². The molecule has 1 aliphatic rings. The highest BCUT2D eigenvalue weighted by Gasteiger charge is 2.24. The first-order valence-electron chi connectivity index (χ1n) is 6.56. The average molecular weight is 247 g/mol. The van der Waals surface area contributed by atoms with Crippen molar-refractivity contribution in [3.05, 3.63) is 35.4 Å². The zero-order chi connectivity index (χ0) is 13.0. The lowest BCUT2D eigenvalue weighted by Crippen LogP contribution is -2.41. The molecule has 18 heavy (non-hydrogen) atoms. The fraction of sp³-hybridized carbons (Fsp3) is 0.533. The third-order valence-corrected chi connectivity index (χ3v) is 3.58. The van der Waals surface area contributed by atoms with E-state index in [-0.39, 0.29) is 5.91 Å². The van der Waals surface area contributed by atoms with Gasteiger partial charge in [0, 0.05) is 25.8 Å². The smallest absolute Gasteiger partial charge is 0.254 e. The van der Waals surface area contributed by atoms with Crippen LogP contribution in [-0.2, 0) is 4.74 Å². The van der Waals surface area contributed by atoms with Gasteiger partial charge in [-0.2, -0.15) is 0 Å². The first-order chi connectivity index (χ1) is 8.72. The summed E-state index contributed by atoms with van der Waals surface area (Å²) in [4.78, 5) is 14.4. The normalized spacial score (nSPS) is 19.9. The summed E-state index contributed by atoms with van der Waals surface area (Å²) in [5, 5.41) is 0. The number of methoxy groups -OCH3 is 1. The van der Waals surface area contributed by atoms with E-state index >= 15 is 0 Å². The van der Waals surface area contributed by atoms with Crippen LogP contribution in [0.25, 0.3) is 0 Å². The molecule has 1 aromatic rings. The Labute approximate surface area is 109 Å². The molecule has 98 valence electrons. The average Bonchev–Trinajstić information content (AvgIpc) is 2.39. The maximum atomic E-state index is 12.5. The molecule has 3 nitrogen and oxygen atoms in total. The van der Waals surface area contributed by atoms with E-state index in [9.17, 15) is 4.79 Å². The van der Waals surface area contributed by atoms with Gasteiger partial charge in [0.1, 0.15) is 0 Å². The molecule has 1 heterocycles. The SMILES string of the molecule is COCC1CCCN(C(=O)c2ccccc2C)C1. The lowest BCUT2D eigenvalue weighted by atomic mass is 9.97. The second-order valence-corrected chi connectivity index (χ2v) is 5.03. The standard InChI is InChI=1S/C15H21NO2/c1-12-6-3-4-8-14(12)15(17)16-9-5-7-13(10-16)11-18-2/h3-4,6,8,13H,5,7,9-11H2,1-2H3. The maximum Gasteiger partial charge on any atom is 0.254 e.